The molecule has 0 aromatic heterocycles. The van der Waals surface area contributed by atoms with Crippen molar-refractivity contribution in [3.8, 4) is 0 Å². The van der Waals surface area contributed by atoms with Crippen molar-refractivity contribution in [2.45, 2.75) is 18.2 Å². The van der Waals surface area contributed by atoms with Crippen LogP contribution in [-0.4, -0.2) is 11.2 Å². The van der Waals surface area contributed by atoms with Crippen molar-refractivity contribution < 1.29 is 4.92 Å². The molecule has 0 amide bonds. The molecule has 0 atom stereocenters. The minimum atomic E-state index is -0.330. The van der Waals surface area contributed by atoms with Crippen LogP contribution in [0.4, 0.5) is 5.69 Å². The van der Waals surface area contributed by atoms with Gasteiger partial charge >= 0.3 is 0 Å². The second-order valence-electron chi connectivity index (χ2n) is 2.61. The van der Waals surface area contributed by atoms with E-state index >= 15 is 0 Å². The average molecular weight is 197 g/mol. The second kappa shape index (κ2) is 4.28. The van der Waals surface area contributed by atoms with Gasteiger partial charge in [-0.1, -0.05) is 6.92 Å². The Labute approximate surface area is 81.3 Å². The number of thioether (sulfide) groups is 1. The molecule has 0 saturated carbocycles. The first-order valence-corrected chi connectivity index (χ1v) is 5.22. The van der Waals surface area contributed by atoms with Gasteiger partial charge in [0.2, 0.25) is 0 Å². The fourth-order valence-electron chi connectivity index (χ4n) is 1.15. The first-order chi connectivity index (χ1) is 6.19. The molecule has 0 spiro atoms. The molecule has 0 fully saturated rings. The maximum atomic E-state index is 10.6. The molecule has 1 aromatic rings. The van der Waals surface area contributed by atoms with Crippen molar-refractivity contribution in [1.82, 2.24) is 0 Å². The van der Waals surface area contributed by atoms with Crippen LogP contribution in [0, 0.1) is 10.1 Å². The van der Waals surface area contributed by atoms with Gasteiger partial charge in [0, 0.05) is 16.5 Å². The smallest absolute Gasteiger partial charge is 0.258 e. The quantitative estimate of drug-likeness (QED) is 0.425. The minimum absolute atomic E-state index is 0.223. The summed E-state index contributed by atoms with van der Waals surface area (Å²) in [5, 5.41) is 10.6. The largest absolute Gasteiger partial charge is 0.272 e. The lowest BCUT2D eigenvalue weighted by atomic mass is 10.1. The van der Waals surface area contributed by atoms with E-state index in [2.05, 4.69) is 0 Å². The van der Waals surface area contributed by atoms with Crippen LogP contribution in [0.5, 0.6) is 0 Å². The van der Waals surface area contributed by atoms with E-state index in [-0.39, 0.29) is 10.6 Å². The Morgan fingerprint density at radius 3 is 2.69 bits per heavy atom. The van der Waals surface area contributed by atoms with Gasteiger partial charge < -0.3 is 0 Å². The molecule has 0 aliphatic rings. The van der Waals surface area contributed by atoms with Crippen molar-refractivity contribution in [2.75, 3.05) is 6.26 Å². The average Bonchev–Trinajstić information content (AvgIpc) is 2.16. The molecule has 0 heterocycles. The van der Waals surface area contributed by atoms with Gasteiger partial charge in [0.25, 0.3) is 5.69 Å². The van der Waals surface area contributed by atoms with Gasteiger partial charge in [0.05, 0.1) is 4.92 Å². The molecule has 0 unspecified atom stereocenters. The van der Waals surface area contributed by atoms with Crippen LogP contribution >= 0.6 is 11.8 Å². The maximum Gasteiger partial charge on any atom is 0.272 e. The molecule has 0 aliphatic heterocycles. The lowest BCUT2D eigenvalue weighted by Crippen LogP contribution is -1.94. The normalized spacial score (nSPS) is 10.0. The number of nitrogens with zero attached hydrogens (tertiary/aromatic N) is 1. The third kappa shape index (κ3) is 2.21. The Balaban J connectivity index is 3.15. The van der Waals surface area contributed by atoms with E-state index in [9.17, 15) is 10.1 Å². The first-order valence-electron chi connectivity index (χ1n) is 4.00. The fraction of sp³-hybridized carbons (Fsp3) is 0.333. The number of hydrogen-bond donors (Lipinski definition) is 0. The van der Waals surface area contributed by atoms with Crippen molar-refractivity contribution in [3.63, 3.8) is 0 Å². The molecular formula is C9H11NO2S. The lowest BCUT2D eigenvalue weighted by Gasteiger charge is -2.01. The number of aryl methyl sites for hydroxylation is 1. The van der Waals surface area contributed by atoms with Gasteiger partial charge in [0.1, 0.15) is 0 Å². The molecule has 4 heteroatoms. The molecule has 13 heavy (non-hydrogen) atoms. The summed E-state index contributed by atoms with van der Waals surface area (Å²) in [5.41, 5.74) is 1.03. The zero-order chi connectivity index (χ0) is 9.84. The van der Waals surface area contributed by atoms with Crippen molar-refractivity contribution >= 4 is 17.4 Å². The summed E-state index contributed by atoms with van der Waals surface area (Å²) in [6.07, 6.45) is 2.66. The zero-order valence-corrected chi connectivity index (χ0v) is 8.43. The standard InChI is InChI=1S/C9H11NO2S/c1-3-7-6-8(13-2)4-5-9(7)10(11)12/h4-6H,3H2,1-2H3. The van der Waals surface area contributed by atoms with Gasteiger partial charge in [-0.15, -0.1) is 11.8 Å². The molecule has 0 radical (unpaired) electrons. The summed E-state index contributed by atoms with van der Waals surface area (Å²) in [5.74, 6) is 0. The van der Waals surface area contributed by atoms with Gasteiger partial charge in [-0.05, 0) is 24.8 Å². The lowest BCUT2D eigenvalue weighted by molar-refractivity contribution is -0.385. The van der Waals surface area contributed by atoms with Gasteiger partial charge in [-0.3, -0.25) is 10.1 Å². The van der Waals surface area contributed by atoms with Crippen molar-refractivity contribution in [3.05, 3.63) is 33.9 Å². The topological polar surface area (TPSA) is 43.1 Å². The van der Waals surface area contributed by atoms with Gasteiger partial charge in [0.15, 0.2) is 0 Å². The number of benzene rings is 1. The van der Waals surface area contributed by atoms with E-state index in [1.165, 1.54) is 0 Å². The van der Waals surface area contributed by atoms with Crippen LogP contribution in [0.15, 0.2) is 23.1 Å². The molecule has 70 valence electrons. The Bertz CT molecular complexity index is 325. The minimum Gasteiger partial charge on any atom is -0.258 e. The highest BCUT2D eigenvalue weighted by Gasteiger charge is 2.11. The van der Waals surface area contributed by atoms with Crippen LogP contribution < -0.4 is 0 Å². The monoisotopic (exact) mass is 197 g/mol. The first kappa shape index (κ1) is 10.1. The zero-order valence-electron chi connectivity index (χ0n) is 7.61. The molecule has 3 nitrogen and oxygen atoms in total. The molecule has 0 saturated heterocycles. The van der Waals surface area contributed by atoms with E-state index in [0.29, 0.717) is 6.42 Å². The Morgan fingerprint density at radius 1 is 1.54 bits per heavy atom. The third-order valence-corrected chi connectivity index (χ3v) is 2.59. The highest BCUT2D eigenvalue weighted by atomic mass is 32.2. The number of nitro groups is 1. The Hall–Kier alpha value is -1.03. The summed E-state index contributed by atoms with van der Waals surface area (Å²) in [4.78, 5) is 11.3. The Morgan fingerprint density at radius 2 is 2.23 bits per heavy atom. The van der Waals surface area contributed by atoms with E-state index < -0.39 is 0 Å². The van der Waals surface area contributed by atoms with E-state index in [1.807, 2.05) is 19.2 Å². The third-order valence-electron chi connectivity index (χ3n) is 1.86. The van der Waals surface area contributed by atoms with Crippen LogP contribution in [0.1, 0.15) is 12.5 Å². The van der Waals surface area contributed by atoms with Crippen LogP contribution in [0.2, 0.25) is 0 Å². The molecule has 1 aromatic carbocycles. The molecule has 0 bridgehead atoms. The molecule has 0 N–H and O–H groups in total. The second-order valence-corrected chi connectivity index (χ2v) is 3.48. The van der Waals surface area contributed by atoms with E-state index in [1.54, 1.807) is 23.9 Å². The van der Waals surface area contributed by atoms with Crippen LogP contribution in [-0.2, 0) is 6.42 Å². The highest BCUT2D eigenvalue weighted by Crippen LogP contribution is 2.24. The molecule has 0 aliphatic carbocycles. The summed E-state index contributed by atoms with van der Waals surface area (Å²) >= 11 is 1.60. The number of nitro benzene ring substituents is 1. The predicted molar refractivity (Wildman–Crippen MR) is 54.3 cm³/mol. The SMILES string of the molecule is CCc1cc(SC)ccc1[N+](=O)[O-]. The summed E-state index contributed by atoms with van der Waals surface area (Å²) < 4.78 is 0. The van der Waals surface area contributed by atoms with Crippen LogP contribution in [0.3, 0.4) is 0 Å². The highest BCUT2D eigenvalue weighted by molar-refractivity contribution is 7.98. The van der Waals surface area contributed by atoms with Crippen molar-refractivity contribution in [2.24, 2.45) is 0 Å². The molecular weight excluding hydrogens is 186 g/mol. The number of hydrogen-bond acceptors (Lipinski definition) is 3. The summed E-state index contributed by atoms with van der Waals surface area (Å²) in [6.45, 7) is 1.92. The van der Waals surface area contributed by atoms with E-state index in [4.69, 9.17) is 0 Å². The summed E-state index contributed by atoms with van der Waals surface area (Å²) in [7, 11) is 0. The molecule has 1 rings (SSSR count). The maximum absolute atomic E-state index is 10.6. The Kier molecular flexibility index (Phi) is 3.31. The van der Waals surface area contributed by atoms with Crippen LogP contribution in [0.25, 0.3) is 0 Å². The van der Waals surface area contributed by atoms with E-state index in [0.717, 1.165) is 10.5 Å². The predicted octanol–water partition coefficient (Wildman–Crippen LogP) is 2.88. The van der Waals surface area contributed by atoms with Gasteiger partial charge in [-0.2, -0.15) is 0 Å². The fourth-order valence-corrected chi connectivity index (χ4v) is 1.61. The number of rotatable bonds is 3. The van der Waals surface area contributed by atoms with Crippen molar-refractivity contribution in [1.29, 1.82) is 0 Å². The summed E-state index contributed by atoms with van der Waals surface area (Å²) in [6, 6.07) is 5.23. The van der Waals surface area contributed by atoms with Gasteiger partial charge in [-0.25, -0.2) is 0 Å².